The molecule has 0 heterocycles. The topological polar surface area (TPSA) is 84.6 Å². The first kappa shape index (κ1) is 13.9. The number of amides is 1. The van der Waals surface area contributed by atoms with E-state index in [0.29, 0.717) is 12.8 Å². The smallest absolute Gasteiger partial charge is 0.267 e. The summed E-state index contributed by atoms with van der Waals surface area (Å²) in [4.78, 5) is 22.4. The van der Waals surface area contributed by atoms with Crippen LogP contribution in [-0.2, 0) is 12.8 Å². The van der Waals surface area contributed by atoms with E-state index in [0.717, 1.165) is 5.71 Å². The van der Waals surface area contributed by atoms with Crippen LogP contribution in [0, 0.1) is 10.1 Å². The van der Waals surface area contributed by atoms with Crippen molar-refractivity contribution in [2.24, 2.45) is 5.10 Å². The summed E-state index contributed by atoms with van der Waals surface area (Å²) in [6, 6.07) is 13.8. The Bertz CT molecular complexity index is 757. The van der Waals surface area contributed by atoms with E-state index in [2.05, 4.69) is 10.5 Å². The molecule has 0 fully saturated rings. The molecule has 1 amide bonds. The van der Waals surface area contributed by atoms with Gasteiger partial charge < -0.3 is 0 Å². The zero-order valence-corrected chi connectivity index (χ0v) is 11.7. The molecule has 6 heteroatoms. The Hall–Kier alpha value is -3.02. The Kier molecular flexibility index (Phi) is 3.65. The molecular weight excluding hydrogens is 282 g/mol. The van der Waals surface area contributed by atoms with Crippen LogP contribution in [0.15, 0.2) is 53.6 Å². The third kappa shape index (κ3) is 2.71. The second-order valence-electron chi connectivity index (χ2n) is 5.02. The lowest BCUT2D eigenvalue weighted by atomic mass is 10.1. The summed E-state index contributed by atoms with van der Waals surface area (Å²) in [6.45, 7) is 0. The molecule has 0 saturated heterocycles. The highest BCUT2D eigenvalue weighted by atomic mass is 16.6. The maximum Gasteiger partial charge on any atom is 0.282 e. The minimum Gasteiger partial charge on any atom is -0.267 e. The van der Waals surface area contributed by atoms with Crippen LogP contribution in [0.1, 0.15) is 21.5 Å². The van der Waals surface area contributed by atoms with E-state index in [4.69, 9.17) is 0 Å². The summed E-state index contributed by atoms with van der Waals surface area (Å²) in [5.41, 5.74) is 5.43. The van der Waals surface area contributed by atoms with Crippen molar-refractivity contribution in [3.05, 3.63) is 75.3 Å². The van der Waals surface area contributed by atoms with Crippen LogP contribution in [0.2, 0.25) is 0 Å². The average Bonchev–Trinajstić information content (AvgIpc) is 2.95. The molecule has 0 unspecified atom stereocenters. The van der Waals surface area contributed by atoms with Crippen LogP contribution in [0.25, 0.3) is 0 Å². The molecule has 0 radical (unpaired) electrons. The van der Waals surface area contributed by atoms with Crippen LogP contribution in [0.3, 0.4) is 0 Å². The van der Waals surface area contributed by atoms with Crippen molar-refractivity contribution >= 4 is 17.3 Å². The quantitative estimate of drug-likeness (QED) is 0.697. The second kappa shape index (κ2) is 5.77. The van der Waals surface area contributed by atoms with E-state index in [9.17, 15) is 14.9 Å². The van der Waals surface area contributed by atoms with Crippen molar-refractivity contribution in [3.63, 3.8) is 0 Å². The maximum atomic E-state index is 12.1. The van der Waals surface area contributed by atoms with Gasteiger partial charge in [0.1, 0.15) is 5.56 Å². The number of hydrogen-bond donors (Lipinski definition) is 1. The Morgan fingerprint density at radius 2 is 1.64 bits per heavy atom. The molecule has 2 aromatic rings. The fourth-order valence-corrected chi connectivity index (χ4v) is 2.50. The Morgan fingerprint density at radius 1 is 1.05 bits per heavy atom. The van der Waals surface area contributed by atoms with Gasteiger partial charge in [-0.1, -0.05) is 36.4 Å². The third-order valence-electron chi connectivity index (χ3n) is 3.57. The van der Waals surface area contributed by atoms with Crippen LogP contribution >= 0.6 is 0 Å². The van der Waals surface area contributed by atoms with Crippen LogP contribution in [0.5, 0.6) is 0 Å². The molecular formula is C16H13N3O3. The summed E-state index contributed by atoms with van der Waals surface area (Å²) < 4.78 is 0. The van der Waals surface area contributed by atoms with E-state index < -0.39 is 10.8 Å². The number of fused-ring (bicyclic) bond motifs is 1. The molecule has 0 spiro atoms. The van der Waals surface area contributed by atoms with Crippen LogP contribution in [0.4, 0.5) is 5.69 Å². The van der Waals surface area contributed by atoms with Gasteiger partial charge in [-0.25, -0.2) is 5.43 Å². The Labute approximate surface area is 126 Å². The molecule has 0 aliphatic heterocycles. The third-order valence-corrected chi connectivity index (χ3v) is 3.57. The number of hydrazone groups is 1. The van der Waals surface area contributed by atoms with Crippen LogP contribution in [-0.4, -0.2) is 16.5 Å². The normalized spacial score (nSPS) is 12.6. The SMILES string of the molecule is O=C(NN=C1Cc2ccccc2C1)c1ccccc1[N+](=O)[O-]. The van der Waals surface area contributed by atoms with Crippen LogP contribution < -0.4 is 5.43 Å². The molecule has 3 rings (SSSR count). The molecule has 0 saturated carbocycles. The first-order chi connectivity index (χ1) is 10.6. The van der Waals surface area contributed by atoms with Gasteiger partial charge in [-0.3, -0.25) is 14.9 Å². The van der Waals surface area contributed by atoms with Gasteiger partial charge in [0.25, 0.3) is 11.6 Å². The number of carbonyl (C=O) groups is 1. The van der Waals surface area contributed by atoms with Gasteiger partial charge in [0.15, 0.2) is 0 Å². The number of nitrogens with zero attached hydrogens (tertiary/aromatic N) is 2. The summed E-state index contributed by atoms with van der Waals surface area (Å²) in [5, 5.41) is 15.0. The van der Waals surface area contributed by atoms with E-state index >= 15 is 0 Å². The number of nitro groups is 1. The summed E-state index contributed by atoms with van der Waals surface area (Å²) in [6.07, 6.45) is 1.38. The molecule has 1 aliphatic rings. The summed E-state index contributed by atoms with van der Waals surface area (Å²) >= 11 is 0. The van der Waals surface area contributed by atoms with E-state index in [1.807, 2.05) is 24.3 Å². The van der Waals surface area contributed by atoms with Crippen molar-refractivity contribution in [3.8, 4) is 0 Å². The molecule has 0 aromatic heterocycles. The Balaban J connectivity index is 1.74. The molecule has 2 aromatic carbocycles. The number of nitrogens with one attached hydrogen (secondary N) is 1. The van der Waals surface area contributed by atoms with Gasteiger partial charge in [-0.05, 0) is 17.2 Å². The molecule has 22 heavy (non-hydrogen) atoms. The molecule has 1 N–H and O–H groups in total. The average molecular weight is 295 g/mol. The van der Waals surface area contributed by atoms with Gasteiger partial charge in [-0.15, -0.1) is 0 Å². The monoisotopic (exact) mass is 295 g/mol. The molecule has 0 bridgehead atoms. The standard InChI is InChI=1S/C16H13N3O3/c20-16(14-7-3-4-8-15(14)19(21)22)18-17-13-9-11-5-1-2-6-12(11)10-13/h1-8H,9-10H2,(H,18,20). The fourth-order valence-electron chi connectivity index (χ4n) is 2.50. The summed E-state index contributed by atoms with van der Waals surface area (Å²) in [7, 11) is 0. The number of rotatable bonds is 3. The highest BCUT2D eigenvalue weighted by Gasteiger charge is 2.20. The van der Waals surface area contributed by atoms with Gasteiger partial charge in [-0.2, -0.15) is 5.10 Å². The minimum atomic E-state index is -0.576. The van der Waals surface area contributed by atoms with Crippen molar-refractivity contribution < 1.29 is 9.72 Å². The molecule has 1 aliphatic carbocycles. The first-order valence-electron chi connectivity index (χ1n) is 6.81. The zero-order chi connectivity index (χ0) is 15.5. The first-order valence-corrected chi connectivity index (χ1v) is 6.81. The fraction of sp³-hybridized carbons (Fsp3) is 0.125. The predicted octanol–water partition coefficient (Wildman–Crippen LogP) is 2.48. The lowest BCUT2D eigenvalue weighted by molar-refractivity contribution is -0.385. The van der Waals surface area contributed by atoms with E-state index in [1.165, 1.54) is 29.3 Å². The van der Waals surface area contributed by atoms with Gasteiger partial charge in [0, 0.05) is 24.6 Å². The lowest BCUT2D eigenvalue weighted by Crippen LogP contribution is -2.21. The van der Waals surface area contributed by atoms with Gasteiger partial charge in [0.2, 0.25) is 0 Å². The maximum absolute atomic E-state index is 12.1. The highest BCUT2D eigenvalue weighted by Crippen LogP contribution is 2.20. The van der Waals surface area contributed by atoms with E-state index in [1.54, 1.807) is 6.07 Å². The summed E-state index contributed by atoms with van der Waals surface area (Å²) in [5.74, 6) is -0.573. The predicted molar refractivity (Wildman–Crippen MR) is 81.8 cm³/mol. The number of nitro benzene ring substituents is 1. The molecule has 0 atom stereocenters. The molecule has 6 nitrogen and oxygen atoms in total. The highest BCUT2D eigenvalue weighted by molar-refractivity contribution is 5.99. The zero-order valence-electron chi connectivity index (χ0n) is 11.7. The van der Waals surface area contributed by atoms with E-state index in [-0.39, 0.29) is 11.3 Å². The van der Waals surface area contributed by atoms with Crippen molar-refractivity contribution in [2.75, 3.05) is 0 Å². The second-order valence-corrected chi connectivity index (χ2v) is 5.02. The number of hydrogen-bond acceptors (Lipinski definition) is 4. The lowest BCUT2D eigenvalue weighted by Gasteiger charge is -2.02. The number of para-hydroxylation sites is 1. The number of carbonyl (C=O) groups excluding carboxylic acids is 1. The van der Waals surface area contributed by atoms with Gasteiger partial charge >= 0.3 is 0 Å². The van der Waals surface area contributed by atoms with Crippen molar-refractivity contribution in [1.29, 1.82) is 0 Å². The largest absolute Gasteiger partial charge is 0.282 e. The molecule has 110 valence electrons. The van der Waals surface area contributed by atoms with Crippen molar-refractivity contribution in [2.45, 2.75) is 12.8 Å². The number of benzene rings is 2. The Morgan fingerprint density at radius 3 is 2.27 bits per heavy atom. The minimum absolute atomic E-state index is 0.00682. The van der Waals surface area contributed by atoms with Crippen molar-refractivity contribution in [1.82, 2.24) is 5.43 Å². The van der Waals surface area contributed by atoms with Gasteiger partial charge in [0.05, 0.1) is 4.92 Å².